The highest BCUT2D eigenvalue weighted by molar-refractivity contribution is 5.99. The van der Waals surface area contributed by atoms with Crippen LogP contribution < -0.4 is 9.47 Å². The van der Waals surface area contributed by atoms with Crippen molar-refractivity contribution in [1.82, 2.24) is 0 Å². The van der Waals surface area contributed by atoms with Gasteiger partial charge in [-0.05, 0) is 35.4 Å². The summed E-state index contributed by atoms with van der Waals surface area (Å²) in [5, 5.41) is 0. The third-order valence-corrected chi connectivity index (χ3v) is 4.33. The van der Waals surface area contributed by atoms with Crippen molar-refractivity contribution < 1.29 is 14.3 Å². The summed E-state index contributed by atoms with van der Waals surface area (Å²) in [7, 11) is 0. The number of benzene rings is 3. The summed E-state index contributed by atoms with van der Waals surface area (Å²) in [5.41, 5.74) is 2.78. The molecule has 0 amide bonds. The van der Waals surface area contributed by atoms with E-state index in [1.54, 1.807) is 0 Å². The van der Waals surface area contributed by atoms with Crippen LogP contribution in [-0.2, 0) is 6.61 Å². The van der Waals surface area contributed by atoms with Crippen molar-refractivity contribution in [2.24, 2.45) is 0 Å². The Balaban J connectivity index is 1.45. The predicted molar refractivity (Wildman–Crippen MR) is 96.0 cm³/mol. The van der Waals surface area contributed by atoms with Crippen LogP contribution >= 0.6 is 0 Å². The van der Waals surface area contributed by atoms with Crippen LogP contribution in [0, 0.1) is 0 Å². The number of carbonyl (C=O) groups excluding carboxylic acids is 1. The molecule has 0 aliphatic carbocycles. The normalized spacial score (nSPS) is 16.0. The van der Waals surface area contributed by atoms with Gasteiger partial charge in [0.25, 0.3) is 0 Å². The van der Waals surface area contributed by atoms with Crippen molar-refractivity contribution in [3.05, 3.63) is 95.6 Å². The SMILES string of the molecule is O=C1C[C@@H](c2ccc(OCc3ccccc3)cc2)Oc2ccccc21. The molecule has 0 aromatic heterocycles. The average Bonchev–Trinajstić information content (AvgIpc) is 2.68. The maximum atomic E-state index is 12.3. The Kier molecular flexibility index (Phi) is 4.21. The fourth-order valence-electron chi connectivity index (χ4n) is 2.98. The molecule has 3 aromatic carbocycles. The van der Waals surface area contributed by atoms with Crippen LogP contribution in [0.3, 0.4) is 0 Å². The summed E-state index contributed by atoms with van der Waals surface area (Å²) in [6.07, 6.45) is 0.117. The number of carbonyl (C=O) groups is 1. The van der Waals surface area contributed by atoms with Gasteiger partial charge >= 0.3 is 0 Å². The van der Waals surface area contributed by atoms with E-state index in [1.165, 1.54) is 0 Å². The first-order valence-corrected chi connectivity index (χ1v) is 8.35. The number of Topliss-reactive ketones (excluding diaryl/α,β-unsaturated/α-hetero) is 1. The number of para-hydroxylation sites is 1. The van der Waals surface area contributed by atoms with Gasteiger partial charge in [-0.25, -0.2) is 0 Å². The van der Waals surface area contributed by atoms with Gasteiger partial charge in [-0.1, -0.05) is 54.6 Å². The lowest BCUT2D eigenvalue weighted by atomic mass is 9.96. The molecule has 25 heavy (non-hydrogen) atoms. The quantitative estimate of drug-likeness (QED) is 0.677. The molecule has 124 valence electrons. The molecule has 1 heterocycles. The Morgan fingerprint density at radius 3 is 2.40 bits per heavy atom. The fourth-order valence-corrected chi connectivity index (χ4v) is 2.98. The van der Waals surface area contributed by atoms with Gasteiger partial charge < -0.3 is 9.47 Å². The zero-order valence-electron chi connectivity index (χ0n) is 13.7. The molecular weight excluding hydrogens is 312 g/mol. The topological polar surface area (TPSA) is 35.5 Å². The summed E-state index contributed by atoms with van der Waals surface area (Å²) in [6.45, 7) is 0.534. The number of hydrogen-bond acceptors (Lipinski definition) is 3. The zero-order valence-corrected chi connectivity index (χ0v) is 13.7. The van der Waals surface area contributed by atoms with Gasteiger partial charge in [-0.2, -0.15) is 0 Å². The van der Waals surface area contributed by atoms with Crippen molar-refractivity contribution in [2.75, 3.05) is 0 Å². The average molecular weight is 330 g/mol. The first-order valence-electron chi connectivity index (χ1n) is 8.35. The minimum Gasteiger partial charge on any atom is -0.489 e. The second-order valence-corrected chi connectivity index (χ2v) is 6.07. The van der Waals surface area contributed by atoms with E-state index in [9.17, 15) is 4.79 Å². The minimum atomic E-state index is -0.245. The van der Waals surface area contributed by atoms with Crippen molar-refractivity contribution in [3.8, 4) is 11.5 Å². The molecule has 4 rings (SSSR count). The molecule has 0 unspecified atom stereocenters. The van der Waals surface area contributed by atoms with Crippen molar-refractivity contribution >= 4 is 5.78 Å². The summed E-state index contributed by atoms with van der Waals surface area (Å²) < 4.78 is 11.8. The third kappa shape index (κ3) is 3.41. The number of rotatable bonds is 4. The van der Waals surface area contributed by atoms with Crippen LogP contribution in [0.15, 0.2) is 78.9 Å². The molecule has 3 nitrogen and oxygen atoms in total. The standard InChI is InChI=1S/C22H18O3/c23-20-14-22(25-21-9-5-4-8-19(20)21)17-10-12-18(13-11-17)24-15-16-6-2-1-3-7-16/h1-13,22H,14-15H2/t22-/m0/s1. The Morgan fingerprint density at radius 2 is 1.60 bits per heavy atom. The molecule has 0 saturated carbocycles. The monoisotopic (exact) mass is 330 g/mol. The van der Waals surface area contributed by atoms with Gasteiger partial charge in [0, 0.05) is 0 Å². The Morgan fingerprint density at radius 1 is 0.880 bits per heavy atom. The van der Waals surface area contributed by atoms with E-state index < -0.39 is 0 Å². The molecule has 0 radical (unpaired) electrons. The molecular formula is C22H18O3. The van der Waals surface area contributed by atoms with Gasteiger partial charge in [0.15, 0.2) is 5.78 Å². The highest BCUT2D eigenvalue weighted by Crippen LogP contribution is 2.35. The molecule has 3 heteroatoms. The summed E-state index contributed by atoms with van der Waals surface area (Å²) in [6, 6.07) is 25.2. The molecule has 0 fully saturated rings. The van der Waals surface area contributed by atoms with Gasteiger partial charge in [-0.3, -0.25) is 4.79 Å². The van der Waals surface area contributed by atoms with Crippen LogP contribution in [-0.4, -0.2) is 5.78 Å². The van der Waals surface area contributed by atoms with E-state index in [-0.39, 0.29) is 11.9 Å². The fraction of sp³-hybridized carbons (Fsp3) is 0.136. The van der Waals surface area contributed by atoms with Crippen molar-refractivity contribution in [1.29, 1.82) is 0 Å². The summed E-state index contributed by atoms with van der Waals surface area (Å²) in [4.78, 5) is 12.3. The minimum absolute atomic E-state index is 0.122. The highest BCUT2D eigenvalue weighted by atomic mass is 16.5. The largest absolute Gasteiger partial charge is 0.489 e. The van der Waals surface area contributed by atoms with Gasteiger partial charge in [-0.15, -0.1) is 0 Å². The van der Waals surface area contributed by atoms with E-state index >= 15 is 0 Å². The third-order valence-electron chi connectivity index (χ3n) is 4.33. The molecule has 0 spiro atoms. The van der Waals surface area contributed by atoms with Crippen LogP contribution in [0.1, 0.15) is 34.0 Å². The molecule has 1 aliphatic rings. The van der Waals surface area contributed by atoms with Crippen molar-refractivity contribution in [3.63, 3.8) is 0 Å². The van der Waals surface area contributed by atoms with Gasteiger partial charge in [0.1, 0.15) is 24.2 Å². The predicted octanol–water partition coefficient (Wildman–Crippen LogP) is 4.97. The summed E-state index contributed by atoms with van der Waals surface area (Å²) in [5.74, 6) is 1.58. The Hall–Kier alpha value is -3.07. The maximum Gasteiger partial charge on any atom is 0.170 e. The number of fused-ring (bicyclic) bond motifs is 1. The lowest BCUT2D eigenvalue weighted by Gasteiger charge is -2.25. The number of hydrogen-bond donors (Lipinski definition) is 0. The van der Waals surface area contributed by atoms with Crippen molar-refractivity contribution in [2.45, 2.75) is 19.1 Å². The lowest BCUT2D eigenvalue weighted by molar-refractivity contribution is 0.0850. The first kappa shape index (κ1) is 15.5. The second-order valence-electron chi connectivity index (χ2n) is 6.07. The van der Waals surface area contributed by atoms with E-state index in [1.807, 2.05) is 78.9 Å². The Labute approximate surface area is 146 Å². The number of ether oxygens (including phenoxy) is 2. The zero-order chi connectivity index (χ0) is 17.1. The second kappa shape index (κ2) is 6.81. The van der Waals surface area contributed by atoms with Crippen LogP contribution in [0.25, 0.3) is 0 Å². The van der Waals surface area contributed by atoms with Gasteiger partial charge in [0.05, 0.1) is 12.0 Å². The molecule has 0 N–H and O–H groups in total. The molecule has 1 aliphatic heterocycles. The van der Waals surface area contributed by atoms with E-state index in [2.05, 4.69) is 0 Å². The smallest absolute Gasteiger partial charge is 0.170 e. The van der Waals surface area contributed by atoms with E-state index in [0.29, 0.717) is 24.3 Å². The van der Waals surface area contributed by atoms with E-state index in [4.69, 9.17) is 9.47 Å². The first-order chi connectivity index (χ1) is 12.3. The maximum absolute atomic E-state index is 12.3. The number of ketones is 1. The molecule has 0 bridgehead atoms. The summed E-state index contributed by atoms with van der Waals surface area (Å²) >= 11 is 0. The molecule has 0 saturated heterocycles. The lowest BCUT2D eigenvalue weighted by Crippen LogP contribution is -2.20. The van der Waals surface area contributed by atoms with Crippen LogP contribution in [0.5, 0.6) is 11.5 Å². The van der Waals surface area contributed by atoms with E-state index in [0.717, 1.165) is 16.9 Å². The highest BCUT2D eigenvalue weighted by Gasteiger charge is 2.27. The van der Waals surface area contributed by atoms with Crippen LogP contribution in [0.2, 0.25) is 0 Å². The molecule has 1 atom stereocenters. The molecule has 3 aromatic rings. The Bertz CT molecular complexity index is 869. The van der Waals surface area contributed by atoms with Crippen LogP contribution in [0.4, 0.5) is 0 Å². The van der Waals surface area contributed by atoms with Gasteiger partial charge in [0.2, 0.25) is 0 Å².